The van der Waals surface area contributed by atoms with Crippen LogP contribution in [0.1, 0.15) is 0 Å². The fourth-order valence-electron chi connectivity index (χ4n) is 1.26. The van der Waals surface area contributed by atoms with Crippen LogP contribution in [0.25, 0.3) is 0 Å². The minimum atomic E-state index is -2.39. The lowest BCUT2D eigenvalue weighted by atomic mass is 10.6. The van der Waals surface area contributed by atoms with Crippen LogP contribution in [0.2, 0.25) is 26.2 Å². The Labute approximate surface area is 153 Å². The van der Waals surface area contributed by atoms with Gasteiger partial charge in [0.15, 0.2) is 0 Å². The van der Waals surface area contributed by atoms with Gasteiger partial charge in [0.05, 0.1) is 13.2 Å². The van der Waals surface area contributed by atoms with E-state index in [9.17, 15) is 9.59 Å². The van der Waals surface area contributed by atoms with E-state index >= 15 is 0 Å². The number of esters is 2. The Morgan fingerprint density at radius 2 is 1.16 bits per heavy atom. The molecule has 0 saturated heterocycles. The van der Waals surface area contributed by atoms with Crippen molar-refractivity contribution in [2.75, 3.05) is 26.4 Å². The van der Waals surface area contributed by atoms with Crippen LogP contribution >= 0.6 is 0 Å². The SMILES string of the molecule is C=CC(=O)OCCO[Si](C)(C)O[Si]O[Si](C)(C)OCCOC(=O)C=C. The third kappa shape index (κ3) is 13.8. The molecule has 0 atom stereocenters. The van der Waals surface area contributed by atoms with Crippen molar-refractivity contribution in [2.24, 2.45) is 0 Å². The van der Waals surface area contributed by atoms with E-state index in [1.165, 1.54) is 0 Å². The standard InChI is InChI=1S/C14H26O8Si3/c1-7-13(15)17-9-11-19-24(3,4)21-23-22-25(5,6)20-12-10-18-14(16)8-2/h7-8H,1-2,9-12H2,3-6H3. The first-order valence-corrected chi connectivity index (χ1v) is 14.0. The summed E-state index contributed by atoms with van der Waals surface area (Å²) in [5.74, 6) is -0.976. The van der Waals surface area contributed by atoms with Gasteiger partial charge in [-0.3, -0.25) is 0 Å². The molecule has 0 aliphatic rings. The van der Waals surface area contributed by atoms with Gasteiger partial charge in [0.25, 0.3) is 0 Å². The van der Waals surface area contributed by atoms with Crippen molar-refractivity contribution < 1.29 is 36.1 Å². The number of ether oxygens (including phenoxy) is 2. The first-order valence-electron chi connectivity index (χ1n) is 7.59. The zero-order valence-corrected chi connectivity index (χ0v) is 18.2. The molecule has 0 saturated carbocycles. The Morgan fingerprint density at radius 1 is 0.800 bits per heavy atom. The summed E-state index contributed by atoms with van der Waals surface area (Å²) in [4.78, 5) is 21.8. The summed E-state index contributed by atoms with van der Waals surface area (Å²) in [6.07, 6.45) is 2.19. The summed E-state index contributed by atoms with van der Waals surface area (Å²) in [5.41, 5.74) is 0. The maximum absolute atomic E-state index is 10.9. The number of hydrogen-bond donors (Lipinski definition) is 0. The topological polar surface area (TPSA) is 89.5 Å². The Hall–Kier alpha value is -1.09. The van der Waals surface area contributed by atoms with Gasteiger partial charge >= 0.3 is 39.1 Å². The number of carbonyl (C=O) groups is 2. The predicted molar refractivity (Wildman–Crippen MR) is 97.1 cm³/mol. The van der Waals surface area contributed by atoms with Gasteiger partial charge in [-0.15, -0.1) is 0 Å². The van der Waals surface area contributed by atoms with Crippen LogP contribution in [0, 0.1) is 0 Å². The van der Waals surface area contributed by atoms with Crippen LogP contribution in [0.5, 0.6) is 0 Å². The first kappa shape index (κ1) is 23.9. The zero-order chi connectivity index (χ0) is 19.3. The Kier molecular flexibility index (Phi) is 11.8. The van der Waals surface area contributed by atoms with Gasteiger partial charge in [-0.05, 0) is 26.2 Å². The van der Waals surface area contributed by atoms with E-state index in [1.807, 2.05) is 26.2 Å². The molecular weight excluding hydrogens is 380 g/mol. The normalized spacial score (nSPS) is 11.7. The van der Waals surface area contributed by atoms with Crippen molar-refractivity contribution in [3.8, 4) is 0 Å². The van der Waals surface area contributed by atoms with Crippen molar-refractivity contribution in [1.82, 2.24) is 0 Å². The monoisotopic (exact) mass is 406 g/mol. The van der Waals surface area contributed by atoms with Gasteiger partial charge in [0.2, 0.25) is 0 Å². The van der Waals surface area contributed by atoms with Crippen LogP contribution < -0.4 is 0 Å². The Morgan fingerprint density at radius 3 is 1.48 bits per heavy atom. The first-order chi connectivity index (χ1) is 11.6. The van der Waals surface area contributed by atoms with Gasteiger partial charge in [-0.2, -0.15) is 0 Å². The molecular formula is C14H26O8Si3. The van der Waals surface area contributed by atoms with Crippen molar-refractivity contribution in [2.45, 2.75) is 26.2 Å². The fourth-order valence-corrected chi connectivity index (χ4v) is 5.03. The van der Waals surface area contributed by atoms with E-state index in [0.717, 1.165) is 12.2 Å². The van der Waals surface area contributed by atoms with Crippen LogP contribution in [0.4, 0.5) is 0 Å². The van der Waals surface area contributed by atoms with E-state index in [0.29, 0.717) is 0 Å². The Bertz CT molecular complexity index is 413. The van der Waals surface area contributed by atoms with E-state index in [2.05, 4.69) is 13.2 Å². The molecule has 2 radical (unpaired) electrons. The third-order valence-corrected chi connectivity index (χ3v) is 8.86. The third-order valence-electron chi connectivity index (χ3n) is 2.46. The highest BCUT2D eigenvalue weighted by molar-refractivity contribution is 6.72. The molecule has 0 aromatic rings. The van der Waals surface area contributed by atoms with Gasteiger partial charge in [0.1, 0.15) is 13.2 Å². The summed E-state index contributed by atoms with van der Waals surface area (Å²) in [6.45, 7) is 14.8. The Balaban J connectivity index is 3.92. The zero-order valence-electron chi connectivity index (χ0n) is 15.2. The summed E-state index contributed by atoms with van der Waals surface area (Å²) in [5, 5.41) is 0. The lowest BCUT2D eigenvalue weighted by Crippen LogP contribution is -2.43. The average molecular weight is 407 g/mol. The fraction of sp³-hybridized carbons (Fsp3) is 0.571. The second kappa shape index (κ2) is 12.3. The molecule has 0 bridgehead atoms. The summed E-state index contributed by atoms with van der Waals surface area (Å²) < 4.78 is 32.2. The quantitative estimate of drug-likeness (QED) is 0.185. The molecule has 0 fully saturated rings. The van der Waals surface area contributed by atoms with Crippen LogP contribution in [0.3, 0.4) is 0 Å². The van der Waals surface area contributed by atoms with Crippen LogP contribution in [-0.4, -0.2) is 65.5 Å². The van der Waals surface area contributed by atoms with E-state index in [1.54, 1.807) is 0 Å². The number of hydrogen-bond acceptors (Lipinski definition) is 8. The molecule has 0 spiro atoms. The molecule has 11 heteroatoms. The van der Waals surface area contributed by atoms with Gasteiger partial charge in [-0.25, -0.2) is 9.59 Å². The molecule has 0 aliphatic heterocycles. The molecule has 0 aromatic carbocycles. The van der Waals surface area contributed by atoms with E-state index in [-0.39, 0.29) is 36.4 Å². The van der Waals surface area contributed by atoms with Crippen molar-refractivity contribution >= 4 is 39.1 Å². The molecule has 142 valence electrons. The molecule has 0 unspecified atom stereocenters. The van der Waals surface area contributed by atoms with Crippen molar-refractivity contribution in [1.29, 1.82) is 0 Å². The molecule has 0 aliphatic carbocycles. The average Bonchev–Trinajstić information content (AvgIpc) is 2.54. The summed E-state index contributed by atoms with van der Waals surface area (Å²) >= 11 is 0. The molecule has 0 rings (SSSR count). The predicted octanol–water partition coefficient (Wildman–Crippen LogP) is 1.45. The van der Waals surface area contributed by atoms with Crippen LogP contribution in [0.15, 0.2) is 25.3 Å². The summed E-state index contributed by atoms with van der Waals surface area (Å²) in [6, 6.07) is 0. The molecule has 25 heavy (non-hydrogen) atoms. The van der Waals surface area contributed by atoms with Crippen LogP contribution in [-0.2, 0) is 36.1 Å². The van der Waals surface area contributed by atoms with E-state index in [4.69, 9.17) is 26.6 Å². The highest BCUT2D eigenvalue weighted by Crippen LogP contribution is 2.09. The molecule has 0 N–H and O–H groups in total. The maximum Gasteiger partial charge on any atom is 0.413 e. The second-order valence-corrected chi connectivity index (χ2v) is 13.5. The van der Waals surface area contributed by atoms with Gasteiger partial charge in [0, 0.05) is 12.2 Å². The molecule has 0 heterocycles. The highest BCUT2D eigenvalue weighted by atomic mass is 28.4. The highest BCUT2D eigenvalue weighted by Gasteiger charge is 2.30. The second-order valence-electron chi connectivity index (χ2n) is 5.53. The maximum atomic E-state index is 10.9. The number of rotatable bonds is 14. The largest absolute Gasteiger partial charge is 0.460 e. The van der Waals surface area contributed by atoms with Gasteiger partial charge < -0.3 is 26.6 Å². The minimum Gasteiger partial charge on any atom is -0.460 e. The molecule has 8 nitrogen and oxygen atoms in total. The smallest absolute Gasteiger partial charge is 0.413 e. The van der Waals surface area contributed by atoms with E-state index < -0.39 is 29.1 Å². The lowest BCUT2D eigenvalue weighted by Gasteiger charge is -2.26. The van der Waals surface area contributed by atoms with Crippen molar-refractivity contribution in [3.63, 3.8) is 0 Å². The van der Waals surface area contributed by atoms with Crippen molar-refractivity contribution in [3.05, 3.63) is 25.3 Å². The van der Waals surface area contributed by atoms with Gasteiger partial charge in [-0.1, -0.05) is 13.2 Å². The molecule has 0 aromatic heterocycles. The lowest BCUT2D eigenvalue weighted by molar-refractivity contribution is -0.139. The minimum absolute atomic E-state index is 0.140. The molecule has 0 amide bonds. The summed E-state index contributed by atoms with van der Waals surface area (Å²) in [7, 11) is -5.00. The number of carbonyl (C=O) groups excluding carboxylic acids is 2.